The van der Waals surface area contributed by atoms with Gasteiger partial charge in [0.2, 0.25) is 35.3 Å². The van der Waals surface area contributed by atoms with Crippen LogP contribution in [0.1, 0.15) is 116 Å². The maximum absolute atomic E-state index is 14.5. The van der Waals surface area contributed by atoms with Crippen LogP contribution in [0.2, 0.25) is 0 Å². The number of primary amides is 1. The van der Waals surface area contributed by atoms with Crippen LogP contribution in [-0.2, 0) is 50.9 Å². The molecule has 0 bridgehead atoms. The number of alkyl halides is 3. The van der Waals surface area contributed by atoms with E-state index in [1.54, 1.807) is 6.92 Å². The van der Waals surface area contributed by atoms with E-state index < -0.39 is 95.4 Å². The molecule has 2 aliphatic rings. The number of nitrogens with two attached hydrogens (primary N) is 1. The summed E-state index contributed by atoms with van der Waals surface area (Å²) in [5.41, 5.74) is 4.19. The van der Waals surface area contributed by atoms with E-state index in [-0.39, 0.29) is 31.7 Å². The number of nitrogens with zero attached hydrogens (tertiary/aromatic N) is 1. The summed E-state index contributed by atoms with van der Waals surface area (Å²) in [5, 5.41) is 10.2. The van der Waals surface area contributed by atoms with Crippen LogP contribution in [0.4, 0.5) is 13.2 Å². The number of hydrogen-bond acceptors (Lipinski definition) is 8. The molecule has 3 unspecified atom stereocenters. The van der Waals surface area contributed by atoms with Crippen molar-refractivity contribution in [3.8, 4) is 0 Å². The lowest BCUT2D eigenvalue weighted by Gasteiger charge is -2.35. The first kappa shape index (κ1) is 46.8. The normalized spacial score (nSPS) is 19.2. The summed E-state index contributed by atoms with van der Waals surface area (Å²) >= 11 is 0. The topological polar surface area (TPSA) is 206 Å². The highest BCUT2D eigenvalue weighted by molar-refractivity contribution is 6.38. The first-order chi connectivity index (χ1) is 26.7. The molecule has 1 saturated heterocycles. The predicted octanol–water partition coefficient (Wildman–Crippen LogP) is 3.23. The van der Waals surface area contributed by atoms with Gasteiger partial charge >= 0.3 is 6.18 Å². The lowest BCUT2D eigenvalue weighted by Crippen LogP contribution is -2.58. The second-order valence-corrected chi connectivity index (χ2v) is 16.0. The van der Waals surface area contributed by atoms with Crippen molar-refractivity contribution in [1.82, 2.24) is 26.2 Å². The number of carbonyl (C=O) groups excluding carboxylic acids is 7. The van der Waals surface area contributed by atoms with Gasteiger partial charge in [0.1, 0.15) is 18.1 Å². The number of rotatable bonds is 19. The molecule has 0 radical (unpaired) electrons. The Bertz CT molecular complexity index is 1580. The van der Waals surface area contributed by atoms with Crippen LogP contribution in [0.5, 0.6) is 0 Å². The number of halogens is 3. The van der Waals surface area contributed by atoms with E-state index in [1.165, 1.54) is 17.0 Å². The summed E-state index contributed by atoms with van der Waals surface area (Å²) in [5.74, 6) is -5.67. The van der Waals surface area contributed by atoms with Gasteiger partial charge in [0.25, 0.3) is 5.91 Å². The number of hydrogen-bond donors (Lipinski definition) is 5. The van der Waals surface area contributed by atoms with E-state index in [0.29, 0.717) is 37.7 Å². The van der Waals surface area contributed by atoms with Gasteiger partial charge in [-0.15, -0.1) is 0 Å². The Morgan fingerprint density at radius 3 is 2.07 bits per heavy atom. The zero-order chi connectivity index (χ0) is 42.5. The van der Waals surface area contributed by atoms with E-state index in [1.807, 2.05) is 27.7 Å². The van der Waals surface area contributed by atoms with Gasteiger partial charge in [0.15, 0.2) is 0 Å². The number of carbonyl (C=O) groups is 7. The third kappa shape index (κ3) is 14.7. The van der Waals surface area contributed by atoms with E-state index in [4.69, 9.17) is 10.5 Å². The van der Waals surface area contributed by atoms with E-state index >= 15 is 0 Å². The standard InChI is InChI=1S/C40H59F3N6O8/c1-6-8-15-29(35(44)53)46-32(51)22-45-37(55)34(52)28(12-7-2)47-36(54)30-21-27(57-39(3,4)5)23-49(30)38(56)33(25-13-10-9-11-14-25)48-31(50)20-24-16-18-26(19-17-24)40(41,42)43/h16-19,25,27-30,33H,6-15,20-23H2,1-5H3,(H2,44,53)(H,45,55)(H,46,51)(H,47,54)(H,48,50)/t27-,28?,29?,30+,33?/m1/s1. The molecule has 5 atom stereocenters. The molecule has 57 heavy (non-hydrogen) atoms. The fraction of sp³-hybridized carbons (Fsp3) is 0.675. The van der Waals surface area contributed by atoms with E-state index in [0.717, 1.165) is 37.8 Å². The Morgan fingerprint density at radius 1 is 0.860 bits per heavy atom. The number of unbranched alkanes of at least 4 members (excludes halogenated alkanes) is 1. The quantitative estimate of drug-likeness (QED) is 0.131. The minimum Gasteiger partial charge on any atom is -0.371 e. The second kappa shape index (κ2) is 21.3. The van der Waals surface area contributed by atoms with Crippen LogP contribution in [0.15, 0.2) is 24.3 Å². The Morgan fingerprint density at radius 2 is 1.51 bits per heavy atom. The van der Waals surface area contributed by atoms with Crippen LogP contribution in [0.3, 0.4) is 0 Å². The highest BCUT2D eigenvalue weighted by Gasteiger charge is 2.46. The third-order valence-electron chi connectivity index (χ3n) is 10.1. The van der Waals surface area contributed by atoms with Crippen molar-refractivity contribution >= 4 is 41.2 Å². The fourth-order valence-electron chi connectivity index (χ4n) is 7.29. The SMILES string of the molecule is CCCCC(NC(=O)CNC(=O)C(=O)C(CCC)NC(=O)[C@@H]1C[C@@H](OC(C)(C)C)CN1C(=O)C(NC(=O)Cc1ccc(C(F)(F)F)cc1)C1CCCCC1)C(N)=O. The first-order valence-electron chi connectivity index (χ1n) is 19.9. The molecule has 6 amide bonds. The van der Waals surface area contributed by atoms with Crippen LogP contribution >= 0.6 is 0 Å². The fourth-order valence-corrected chi connectivity index (χ4v) is 7.29. The lowest BCUT2D eigenvalue weighted by molar-refractivity contribution is -0.144. The molecule has 1 aliphatic heterocycles. The molecular formula is C40H59F3N6O8. The average molecular weight is 809 g/mol. The highest BCUT2D eigenvalue weighted by Crippen LogP contribution is 2.32. The molecular weight excluding hydrogens is 749 g/mol. The Labute approximate surface area is 332 Å². The smallest absolute Gasteiger partial charge is 0.371 e. The third-order valence-corrected chi connectivity index (χ3v) is 10.1. The minimum absolute atomic E-state index is 0.00126. The van der Waals surface area contributed by atoms with Gasteiger partial charge < -0.3 is 36.6 Å². The van der Waals surface area contributed by atoms with Crippen molar-refractivity contribution in [1.29, 1.82) is 0 Å². The molecule has 3 rings (SSSR count). The van der Waals surface area contributed by atoms with Crippen molar-refractivity contribution in [3.63, 3.8) is 0 Å². The lowest BCUT2D eigenvalue weighted by atomic mass is 9.83. The molecule has 1 heterocycles. The van der Waals surface area contributed by atoms with E-state index in [2.05, 4.69) is 21.3 Å². The number of ketones is 1. The number of ether oxygens (including phenoxy) is 1. The average Bonchev–Trinajstić information content (AvgIpc) is 3.56. The molecule has 2 fully saturated rings. The van der Waals surface area contributed by atoms with Crippen molar-refractivity contribution in [2.24, 2.45) is 11.7 Å². The van der Waals surface area contributed by atoms with Crippen LogP contribution < -0.4 is 27.0 Å². The number of nitrogens with one attached hydrogen (secondary N) is 4. The van der Waals surface area contributed by atoms with Gasteiger partial charge in [-0.3, -0.25) is 33.6 Å². The summed E-state index contributed by atoms with van der Waals surface area (Å²) in [6.45, 7) is 8.52. The Kier molecular flexibility index (Phi) is 17.5. The van der Waals surface area contributed by atoms with Gasteiger partial charge in [-0.2, -0.15) is 13.2 Å². The molecule has 17 heteroatoms. The number of likely N-dealkylation sites (tertiary alicyclic amines) is 1. The largest absolute Gasteiger partial charge is 0.416 e. The number of benzene rings is 1. The summed E-state index contributed by atoms with van der Waals surface area (Å²) in [7, 11) is 0. The van der Waals surface area contributed by atoms with Crippen LogP contribution in [-0.4, -0.2) is 95.1 Å². The van der Waals surface area contributed by atoms with Gasteiger partial charge in [0.05, 0.1) is 36.3 Å². The van der Waals surface area contributed by atoms with Crippen molar-refractivity contribution < 1.29 is 51.5 Å². The molecule has 14 nitrogen and oxygen atoms in total. The van der Waals surface area contributed by atoms with Crippen LogP contribution in [0.25, 0.3) is 0 Å². The molecule has 1 aliphatic carbocycles. The summed E-state index contributed by atoms with van der Waals surface area (Å²) in [4.78, 5) is 93.8. The zero-order valence-electron chi connectivity index (χ0n) is 33.6. The highest BCUT2D eigenvalue weighted by atomic mass is 19.4. The first-order valence-corrected chi connectivity index (χ1v) is 19.9. The number of Topliss-reactive ketones (excluding diaryl/α,β-unsaturated/α-hetero) is 1. The molecule has 1 aromatic rings. The minimum atomic E-state index is -4.53. The summed E-state index contributed by atoms with van der Waals surface area (Å²) in [6, 6.07) is -0.214. The maximum Gasteiger partial charge on any atom is 0.416 e. The van der Waals surface area contributed by atoms with Gasteiger partial charge in [0, 0.05) is 13.0 Å². The van der Waals surface area contributed by atoms with Gasteiger partial charge in [-0.1, -0.05) is 64.5 Å². The summed E-state index contributed by atoms with van der Waals surface area (Å²) in [6.07, 6.45) is 0.666. The van der Waals surface area contributed by atoms with Crippen molar-refractivity contribution in [2.75, 3.05) is 13.1 Å². The van der Waals surface area contributed by atoms with Crippen LogP contribution in [0, 0.1) is 5.92 Å². The van der Waals surface area contributed by atoms with Gasteiger partial charge in [-0.05, 0) is 70.1 Å². The molecule has 0 spiro atoms. The molecule has 0 aromatic heterocycles. The van der Waals surface area contributed by atoms with Crippen molar-refractivity contribution in [2.45, 2.75) is 154 Å². The van der Waals surface area contributed by atoms with E-state index in [9.17, 15) is 46.7 Å². The zero-order valence-corrected chi connectivity index (χ0v) is 33.6. The van der Waals surface area contributed by atoms with Crippen molar-refractivity contribution in [3.05, 3.63) is 35.4 Å². The molecule has 1 saturated carbocycles. The maximum atomic E-state index is 14.5. The van der Waals surface area contributed by atoms with Gasteiger partial charge in [-0.25, -0.2) is 0 Å². The Hall–Kier alpha value is -4.54. The number of amides is 6. The monoisotopic (exact) mass is 808 g/mol. The predicted molar refractivity (Wildman–Crippen MR) is 204 cm³/mol. The molecule has 318 valence electrons. The second-order valence-electron chi connectivity index (χ2n) is 16.0. The molecule has 1 aromatic carbocycles. The summed E-state index contributed by atoms with van der Waals surface area (Å²) < 4.78 is 45.5. The Balaban J connectivity index is 1.79. The molecule has 6 N–H and O–H groups in total.